The van der Waals surface area contributed by atoms with Gasteiger partial charge in [-0.15, -0.1) is 0 Å². The van der Waals surface area contributed by atoms with Gasteiger partial charge >= 0.3 is 0 Å². The van der Waals surface area contributed by atoms with Crippen molar-refractivity contribution in [2.45, 2.75) is 12.5 Å². The zero-order valence-corrected chi connectivity index (χ0v) is 12.5. The Kier molecular flexibility index (Phi) is 4.33. The van der Waals surface area contributed by atoms with Crippen molar-refractivity contribution in [3.63, 3.8) is 0 Å². The second-order valence-corrected chi connectivity index (χ2v) is 5.67. The van der Waals surface area contributed by atoms with Crippen LogP contribution in [-0.4, -0.2) is 18.1 Å². The number of halogens is 3. The van der Waals surface area contributed by atoms with Crippen LogP contribution in [0.15, 0.2) is 29.0 Å². The Morgan fingerprint density at radius 2 is 2.14 bits per heavy atom. The molecule has 1 N–H and O–H groups in total. The van der Waals surface area contributed by atoms with E-state index >= 15 is 0 Å². The van der Waals surface area contributed by atoms with Gasteiger partial charge in [0.25, 0.3) is 0 Å². The Morgan fingerprint density at radius 3 is 2.71 bits per heavy atom. The molecule has 2 atom stereocenters. The van der Waals surface area contributed by atoms with Gasteiger partial charge in [-0.1, -0.05) is 23.2 Å². The van der Waals surface area contributed by atoms with Crippen LogP contribution in [0.1, 0.15) is 18.4 Å². The topological polar surface area (TPSA) is 47.3 Å². The van der Waals surface area contributed by atoms with Gasteiger partial charge in [0, 0.05) is 12.5 Å². The third-order valence-electron chi connectivity index (χ3n) is 3.43. The van der Waals surface area contributed by atoms with Gasteiger partial charge in [0.05, 0.1) is 16.2 Å². The molecule has 2 aromatic rings. The highest BCUT2D eigenvalue weighted by Gasteiger charge is 2.32. The zero-order chi connectivity index (χ0) is 14.8. The maximum Gasteiger partial charge on any atom is 0.235 e. The van der Waals surface area contributed by atoms with Crippen molar-refractivity contribution in [3.8, 4) is 5.75 Å². The monoisotopic (exact) mass is 330 g/mol. The molecule has 2 heterocycles. The number of nitrogens with one attached hydrogen (secondary N) is 1. The van der Waals surface area contributed by atoms with Gasteiger partial charge < -0.3 is 14.5 Å². The molecule has 4 nitrogen and oxygen atoms in total. The molecule has 0 bridgehead atoms. The van der Waals surface area contributed by atoms with Gasteiger partial charge in [0.2, 0.25) is 5.89 Å². The van der Waals surface area contributed by atoms with Gasteiger partial charge in [-0.25, -0.2) is 9.37 Å². The summed E-state index contributed by atoms with van der Waals surface area (Å²) in [7, 11) is 0. The highest BCUT2D eigenvalue weighted by Crippen LogP contribution is 2.39. The highest BCUT2D eigenvalue weighted by molar-refractivity contribution is 6.37. The van der Waals surface area contributed by atoms with Crippen molar-refractivity contribution in [2.24, 2.45) is 5.92 Å². The lowest BCUT2D eigenvalue weighted by Gasteiger charge is -2.22. The quantitative estimate of drug-likeness (QED) is 0.924. The molecule has 1 unspecified atom stereocenters. The zero-order valence-electron chi connectivity index (χ0n) is 11.0. The second-order valence-electron chi connectivity index (χ2n) is 4.86. The predicted octanol–water partition coefficient (Wildman–Crippen LogP) is 3.85. The minimum absolute atomic E-state index is 0.127. The summed E-state index contributed by atoms with van der Waals surface area (Å²) in [5.41, 5.74) is 0. The number of oxazole rings is 1. The molecule has 0 radical (unpaired) electrons. The molecule has 21 heavy (non-hydrogen) atoms. The third-order valence-corrected chi connectivity index (χ3v) is 3.99. The lowest BCUT2D eigenvalue weighted by molar-refractivity contribution is 0.114. The molecule has 1 aliphatic heterocycles. The maximum absolute atomic E-state index is 13.3. The van der Waals surface area contributed by atoms with Crippen LogP contribution < -0.4 is 10.1 Å². The van der Waals surface area contributed by atoms with Gasteiger partial charge in [0.15, 0.2) is 11.9 Å². The number of hydrogen-bond acceptors (Lipinski definition) is 4. The maximum atomic E-state index is 13.3. The van der Waals surface area contributed by atoms with Crippen molar-refractivity contribution in [2.75, 3.05) is 13.1 Å². The molecular formula is C14H13Cl2FN2O2. The van der Waals surface area contributed by atoms with E-state index in [9.17, 15) is 4.39 Å². The average Bonchev–Trinajstić information content (AvgIpc) is 3.11. The molecule has 1 saturated heterocycles. The van der Waals surface area contributed by atoms with Crippen molar-refractivity contribution in [3.05, 3.63) is 46.3 Å². The van der Waals surface area contributed by atoms with Crippen LogP contribution in [0.2, 0.25) is 10.0 Å². The molecule has 1 aromatic heterocycles. The van der Waals surface area contributed by atoms with Gasteiger partial charge in [-0.2, -0.15) is 0 Å². The standard InChI is InChI=1S/C14H13Cl2FN2O2/c15-10-5-9(17)6-11(16)13(10)21-12(8-1-2-18-7-8)14-19-3-4-20-14/h3-6,8,12,18H,1-2,7H2/t8-,12?/m0/s1. The number of aromatic nitrogens is 1. The lowest BCUT2D eigenvalue weighted by atomic mass is 10.0. The average molecular weight is 331 g/mol. The van der Waals surface area contributed by atoms with E-state index in [0.717, 1.165) is 19.5 Å². The van der Waals surface area contributed by atoms with E-state index in [4.69, 9.17) is 32.4 Å². The third kappa shape index (κ3) is 3.15. The number of benzene rings is 1. The van der Waals surface area contributed by atoms with Crippen LogP contribution in [0.5, 0.6) is 5.75 Å². The molecule has 112 valence electrons. The first-order valence-corrected chi connectivity index (χ1v) is 7.32. The van der Waals surface area contributed by atoms with Crippen LogP contribution in [0.25, 0.3) is 0 Å². The molecule has 0 saturated carbocycles. The number of ether oxygens (including phenoxy) is 1. The van der Waals surface area contributed by atoms with E-state index in [2.05, 4.69) is 10.3 Å². The fourth-order valence-corrected chi connectivity index (χ4v) is 2.98. The fourth-order valence-electron chi connectivity index (χ4n) is 2.43. The molecule has 3 rings (SSSR count). The Bertz CT molecular complexity index is 592. The smallest absolute Gasteiger partial charge is 0.235 e. The summed E-state index contributed by atoms with van der Waals surface area (Å²) in [6, 6.07) is 2.34. The summed E-state index contributed by atoms with van der Waals surface area (Å²) in [4.78, 5) is 4.15. The Morgan fingerprint density at radius 1 is 1.38 bits per heavy atom. The lowest BCUT2D eigenvalue weighted by Crippen LogP contribution is -2.22. The Balaban J connectivity index is 1.91. The van der Waals surface area contributed by atoms with E-state index < -0.39 is 11.9 Å². The molecule has 0 spiro atoms. The minimum atomic E-state index is -0.507. The van der Waals surface area contributed by atoms with Crippen molar-refractivity contribution in [1.82, 2.24) is 10.3 Å². The molecule has 1 aliphatic rings. The SMILES string of the molecule is Fc1cc(Cl)c(OC(c2ncco2)[C@H]2CCNC2)c(Cl)c1. The number of hydrogen-bond donors (Lipinski definition) is 1. The van der Waals surface area contributed by atoms with Crippen LogP contribution in [0.4, 0.5) is 4.39 Å². The summed E-state index contributed by atoms with van der Waals surface area (Å²) in [5.74, 6) is 0.378. The van der Waals surface area contributed by atoms with Crippen molar-refractivity contribution >= 4 is 23.2 Å². The predicted molar refractivity (Wildman–Crippen MR) is 77.3 cm³/mol. The normalized spacial score (nSPS) is 19.7. The molecule has 1 fully saturated rings. The van der Waals surface area contributed by atoms with Gasteiger partial charge in [-0.3, -0.25) is 0 Å². The highest BCUT2D eigenvalue weighted by atomic mass is 35.5. The largest absolute Gasteiger partial charge is 0.477 e. The molecule has 0 aliphatic carbocycles. The summed E-state index contributed by atoms with van der Waals surface area (Å²) in [6.45, 7) is 1.68. The molecule has 1 aromatic carbocycles. The molecule has 7 heteroatoms. The van der Waals surface area contributed by atoms with Gasteiger partial charge in [0.1, 0.15) is 12.1 Å². The molecule has 0 amide bonds. The van der Waals surface area contributed by atoms with E-state index in [0.29, 0.717) is 5.89 Å². The first-order chi connectivity index (χ1) is 10.1. The molecular weight excluding hydrogens is 318 g/mol. The number of rotatable bonds is 4. The Hall–Kier alpha value is -1.30. The minimum Gasteiger partial charge on any atom is -0.477 e. The van der Waals surface area contributed by atoms with Crippen LogP contribution in [0.3, 0.4) is 0 Å². The summed E-state index contributed by atoms with van der Waals surface area (Å²) in [6.07, 6.45) is 3.54. The Labute approximate surface area is 131 Å². The summed E-state index contributed by atoms with van der Waals surface area (Å²) >= 11 is 12.1. The van der Waals surface area contributed by atoms with E-state index in [-0.39, 0.29) is 21.7 Å². The van der Waals surface area contributed by atoms with E-state index in [1.54, 1.807) is 6.20 Å². The van der Waals surface area contributed by atoms with E-state index in [1.807, 2.05) is 0 Å². The van der Waals surface area contributed by atoms with Gasteiger partial charge in [-0.05, 0) is 25.1 Å². The fraction of sp³-hybridized carbons (Fsp3) is 0.357. The van der Waals surface area contributed by atoms with Crippen LogP contribution in [-0.2, 0) is 0 Å². The van der Waals surface area contributed by atoms with E-state index in [1.165, 1.54) is 18.4 Å². The van der Waals surface area contributed by atoms with Crippen LogP contribution >= 0.6 is 23.2 Å². The summed E-state index contributed by atoms with van der Waals surface area (Å²) < 4.78 is 24.5. The first kappa shape index (κ1) is 14.6. The van der Waals surface area contributed by atoms with Crippen molar-refractivity contribution in [1.29, 1.82) is 0 Å². The number of nitrogens with zero attached hydrogens (tertiary/aromatic N) is 1. The second kappa shape index (κ2) is 6.22. The summed E-state index contributed by atoms with van der Waals surface area (Å²) in [5, 5.41) is 3.52. The van der Waals surface area contributed by atoms with Crippen molar-refractivity contribution < 1.29 is 13.5 Å². The van der Waals surface area contributed by atoms with Crippen LogP contribution in [0, 0.1) is 11.7 Å². The first-order valence-electron chi connectivity index (χ1n) is 6.56.